The van der Waals surface area contributed by atoms with Crippen molar-refractivity contribution in [3.05, 3.63) is 21.9 Å². The average Bonchev–Trinajstić information content (AvgIpc) is 3.13. The summed E-state index contributed by atoms with van der Waals surface area (Å²) in [5.41, 5.74) is 1.29. The third kappa shape index (κ3) is 5.75. The molecule has 1 aromatic heterocycles. The van der Waals surface area contributed by atoms with E-state index in [4.69, 9.17) is 0 Å². The lowest BCUT2D eigenvalue weighted by Crippen LogP contribution is -2.38. The van der Waals surface area contributed by atoms with Gasteiger partial charge in [0, 0.05) is 24.5 Å². The SMILES string of the molecule is CCNC(=NCC(=O)N1CCCC1)NCc1sccc1C.I. The van der Waals surface area contributed by atoms with Crippen LogP contribution in [0, 0.1) is 6.92 Å². The molecule has 1 aromatic rings. The number of thiophene rings is 1. The maximum Gasteiger partial charge on any atom is 0.244 e. The summed E-state index contributed by atoms with van der Waals surface area (Å²) in [6, 6.07) is 2.11. The van der Waals surface area contributed by atoms with Crippen LogP contribution in [0.4, 0.5) is 0 Å². The molecule has 1 aliphatic heterocycles. The molecule has 2 rings (SSSR count). The third-order valence-corrected chi connectivity index (χ3v) is 4.58. The van der Waals surface area contributed by atoms with Crippen molar-refractivity contribution in [2.24, 2.45) is 4.99 Å². The molecule has 124 valence electrons. The molecule has 1 fully saturated rings. The van der Waals surface area contributed by atoms with Crippen molar-refractivity contribution in [3.8, 4) is 0 Å². The van der Waals surface area contributed by atoms with Gasteiger partial charge in [-0.05, 0) is 43.7 Å². The molecule has 2 heterocycles. The third-order valence-electron chi connectivity index (χ3n) is 3.56. The Morgan fingerprint density at radius 2 is 2.09 bits per heavy atom. The van der Waals surface area contributed by atoms with E-state index in [2.05, 4.69) is 34.0 Å². The number of likely N-dealkylation sites (tertiary alicyclic amines) is 1. The minimum Gasteiger partial charge on any atom is -0.357 e. The van der Waals surface area contributed by atoms with Crippen molar-refractivity contribution < 1.29 is 4.79 Å². The van der Waals surface area contributed by atoms with Crippen LogP contribution < -0.4 is 10.6 Å². The summed E-state index contributed by atoms with van der Waals surface area (Å²) in [5.74, 6) is 0.829. The van der Waals surface area contributed by atoms with Crippen LogP contribution in [0.25, 0.3) is 0 Å². The largest absolute Gasteiger partial charge is 0.357 e. The van der Waals surface area contributed by atoms with Gasteiger partial charge in [0.05, 0.1) is 6.54 Å². The van der Waals surface area contributed by atoms with E-state index in [1.807, 2.05) is 11.8 Å². The number of hydrogen-bond donors (Lipinski definition) is 2. The summed E-state index contributed by atoms with van der Waals surface area (Å²) in [6.45, 7) is 7.64. The molecular weight excluding hydrogens is 411 g/mol. The molecule has 0 aliphatic carbocycles. The molecule has 0 unspecified atom stereocenters. The van der Waals surface area contributed by atoms with Crippen LogP contribution in [-0.2, 0) is 11.3 Å². The zero-order valence-electron chi connectivity index (χ0n) is 13.2. The molecule has 0 radical (unpaired) electrons. The average molecular weight is 436 g/mol. The lowest BCUT2D eigenvalue weighted by molar-refractivity contribution is -0.128. The minimum absolute atomic E-state index is 0. The molecule has 7 heteroatoms. The van der Waals surface area contributed by atoms with Crippen LogP contribution >= 0.6 is 35.3 Å². The van der Waals surface area contributed by atoms with E-state index >= 15 is 0 Å². The molecule has 0 aromatic carbocycles. The predicted molar refractivity (Wildman–Crippen MR) is 103 cm³/mol. The van der Waals surface area contributed by atoms with Gasteiger partial charge < -0.3 is 15.5 Å². The van der Waals surface area contributed by atoms with Gasteiger partial charge in [0.1, 0.15) is 6.54 Å². The van der Waals surface area contributed by atoms with E-state index < -0.39 is 0 Å². The molecule has 1 amide bonds. The lowest BCUT2D eigenvalue weighted by Gasteiger charge is -2.15. The van der Waals surface area contributed by atoms with E-state index in [0.717, 1.165) is 39.0 Å². The van der Waals surface area contributed by atoms with Crippen LogP contribution in [0.2, 0.25) is 0 Å². The van der Waals surface area contributed by atoms with E-state index in [-0.39, 0.29) is 36.4 Å². The number of guanidine groups is 1. The second-order valence-electron chi connectivity index (χ2n) is 5.16. The zero-order chi connectivity index (χ0) is 15.1. The van der Waals surface area contributed by atoms with Gasteiger partial charge in [-0.25, -0.2) is 4.99 Å². The highest BCUT2D eigenvalue weighted by Gasteiger charge is 2.17. The van der Waals surface area contributed by atoms with Crippen molar-refractivity contribution in [1.82, 2.24) is 15.5 Å². The second kappa shape index (κ2) is 10.0. The molecule has 5 nitrogen and oxygen atoms in total. The lowest BCUT2D eigenvalue weighted by atomic mass is 10.3. The molecule has 1 aliphatic rings. The molecule has 0 bridgehead atoms. The summed E-state index contributed by atoms with van der Waals surface area (Å²) < 4.78 is 0. The fraction of sp³-hybridized carbons (Fsp3) is 0.600. The summed E-state index contributed by atoms with van der Waals surface area (Å²) in [4.78, 5) is 19.6. The predicted octanol–water partition coefficient (Wildman–Crippen LogP) is 2.35. The van der Waals surface area contributed by atoms with Crippen LogP contribution in [-0.4, -0.2) is 42.9 Å². The van der Waals surface area contributed by atoms with Gasteiger partial charge >= 0.3 is 0 Å². The first kappa shape index (κ1) is 19.2. The van der Waals surface area contributed by atoms with Crippen LogP contribution in [0.3, 0.4) is 0 Å². The number of halogens is 1. The number of carbonyl (C=O) groups is 1. The number of aryl methyl sites for hydroxylation is 1. The first-order chi connectivity index (χ1) is 10.2. The van der Waals surface area contributed by atoms with Crippen molar-refractivity contribution in [2.45, 2.75) is 33.2 Å². The van der Waals surface area contributed by atoms with E-state index in [1.165, 1.54) is 10.4 Å². The number of carbonyl (C=O) groups excluding carboxylic acids is 1. The maximum absolute atomic E-state index is 12.0. The smallest absolute Gasteiger partial charge is 0.244 e. The van der Waals surface area contributed by atoms with Crippen LogP contribution in [0.15, 0.2) is 16.4 Å². The zero-order valence-corrected chi connectivity index (χ0v) is 16.4. The van der Waals surface area contributed by atoms with Gasteiger partial charge in [-0.3, -0.25) is 4.79 Å². The molecule has 0 atom stereocenters. The van der Waals surface area contributed by atoms with Crippen molar-refractivity contribution in [2.75, 3.05) is 26.2 Å². The number of nitrogens with zero attached hydrogens (tertiary/aromatic N) is 2. The first-order valence-corrected chi connectivity index (χ1v) is 8.41. The fourth-order valence-corrected chi connectivity index (χ4v) is 3.15. The number of rotatable bonds is 5. The Balaban J connectivity index is 0.00000242. The van der Waals surface area contributed by atoms with Crippen LogP contribution in [0.1, 0.15) is 30.2 Å². The van der Waals surface area contributed by atoms with Gasteiger partial charge in [-0.15, -0.1) is 35.3 Å². The Morgan fingerprint density at radius 1 is 1.36 bits per heavy atom. The van der Waals surface area contributed by atoms with Crippen molar-refractivity contribution in [3.63, 3.8) is 0 Å². The topological polar surface area (TPSA) is 56.7 Å². The molecule has 22 heavy (non-hydrogen) atoms. The quantitative estimate of drug-likeness (QED) is 0.424. The Labute approximate surface area is 153 Å². The van der Waals surface area contributed by atoms with Gasteiger partial charge in [0.25, 0.3) is 0 Å². The number of nitrogens with one attached hydrogen (secondary N) is 2. The number of amides is 1. The molecule has 2 N–H and O–H groups in total. The highest BCUT2D eigenvalue weighted by Crippen LogP contribution is 2.14. The maximum atomic E-state index is 12.0. The van der Waals surface area contributed by atoms with Gasteiger partial charge in [0.15, 0.2) is 5.96 Å². The van der Waals surface area contributed by atoms with Gasteiger partial charge in [-0.1, -0.05) is 0 Å². The van der Waals surface area contributed by atoms with Crippen LogP contribution in [0.5, 0.6) is 0 Å². The summed E-state index contributed by atoms with van der Waals surface area (Å²) in [6.07, 6.45) is 2.23. The Morgan fingerprint density at radius 3 is 2.68 bits per heavy atom. The van der Waals surface area contributed by atoms with Gasteiger partial charge in [-0.2, -0.15) is 0 Å². The first-order valence-electron chi connectivity index (χ1n) is 7.53. The second-order valence-corrected chi connectivity index (χ2v) is 6.16. The molecule has 0 spiro atoms. The van der Waals surface area contributed by atoms with Crippen molar-refractivity contribution >= 4 is 47.2 Å². The van der Waals surface area contributed by atoms with E-state index in [1.54, 1.807) is 11.3 Å². The molecule has 0 saturated carbocycles. The standard InChI is InChI=1S/C15H24N4OS.HI/c1-3-16-15(17-10-13-12(2)6-9-21-13)18-11-14(20)19-7-4-5-8-19;/h6,9H,3-5,7-8,10-11H2,1-2H3,(H2,16,17,18);1H. The molecular formula is C15H25IN4OS. The number of aliphatic imine (C=N–C) groups is 1. The summed E-state index contributed by atoms with van der Waals surface area (Å²) in [7, 11) is 0. The monoisotopic (exact) mass is 436 g/mol. The Bertz CT molecular complexity index is 497. The summed E-state index contributed by atoms with van der Waals surface area (Å²) >= 11 is 1.73. The van der Waals surface area contributed by atoms with Gasteiger partial charge in [0.2, 0.25) is 5.91 Å². The molecule has 1 saturated heterocycles. The minimum atomic E-state index is 0. The number of hydrogen-bond acceptors (Lipinski definition) is 3. The highest BCUT2D eigenvalue weighted by atomic mass is 127. The van der Waals surface area contributed by atoms with Crippen molar-refractivity contribution in [1.29, 1.82) is 0 Å². The Kier molecular flexibility index (Phi) is 8.77. The normalized spacial score (nSPS) is 14.6. The highest BCUT2D eigenvalue weighted by molar-refractivity contribution is 14.0. The summed E-state index contributed by atoms with van der Waals surface area (Å²) in [5, 5.41) is 8.56. The Hall–Kier alpha value is -0.830. The fourth-order valence-electron chi connectivity index (χ4n) is 2.30. The van der Waals surface area contributed by atoms with E-state index in [0.29, 0.717) is 5.96 Å². The van der Waals surface area contributed by atoms with E-state index in [9.17, 15) is 4.79 Å².